The molecule has 2 rings (SSSR count). The lowest BCUT2D eigenvalue weighted by molar-refractivity contribution is 0.256. The molecule has 0 atom stereocenters. The van der Waals surface area contributed by atoms with Gasteiger partial charge in [0.2, 0.25) is 5.95 Å². The van der Waals surface area contributed by atoms with Crippen molar-refractivity contribution in [3.63, 3.8) is 0 Å². The first-order valence-corrected chi connectivity index (χ1v) is 3.04. The number of rotatable bonds is 0. The van der Waals surface area contributed by atoms with Gasteiger partial charge in [0.25, 0.3) is 5.56 Å². The van der Waals surface area contributed by atoms with E-state index in [-0.39, 0.29) is 22.3 Å². The number of aromatic amines is 1. The highest BCUT2D eigenvalue weighted by Crippen LogP contribution is 1.81. The summed E-state index contributed by atoms with van der Waals surface area (Å²) in [5.41, 5.74) is 4.64. The molecule has 0 aromatic carbocycles. The van der Waals surface area contributed by atoms with E-state index in [0.29, 0.717) is 0 Å². The Bertz CT molecular complexity index is 530. The number of carbonyl (C=O) groups excluding carboxylic acids is 1. The summed E-state index contributed by atoms with van der Waals surface area (Å²) in [7, 11) is 0. The molecule has 1 aromatic rings. The van der Waals surface area contributed by atoms with E-state index in [0.717, 1.165) is 0 Å². The number of H-pyrrole nitrogens is 1. The van der Waals surface area contributed by atoms with Crippen molar-refractivity contribution in [1.82, 2.24) is 9.97 Å². The minimum atomic E-state index is -0.728. The summed E-state index contributed by atoms with van der Waals surface area (Å²) in [6.07, 6.45) is 0. The molecule has 0 bridgehead atoms. The smallest absolute Gasteiger partial charge is 0.370 e. The number of aromatic nitrogens is 2. The van der Waals surface area contributed by atoms with Crippen LogP contribution < -0.4 is 22.1 Å². The van der Waals surface area contributed by atoms with E-state index in [9.17, 15) is 9.59 Å². The number of nitrogens with zero attached hydrogens (tertiary/aromatic N) is 3. The molecular formula is C5H5N5O3. The van der Waals surface area contributed by atoms with Crippen molar-refractivity contribution < 1.29 is 10.3 Å². The van der Waals surface area contributed by atoms with Crippen LogP contribution in [0.25, 0.3) is 0 Å². The number of nitrogens with one attached hydrogen (secondary N) is 1. The molecule has 13 heavy (non-hydrogen) atoms. The SMILES string of the molecule is Nc1nc2c(c(=O)[nH]1)=NC(=O)N=2.O. The second-order valence-electron chi connectivity index (χ2n) is 2.13. The molecule has 8 nitrogen and oxygen atoms in total. The number of fused-ring (bicyclic) bond motifs is 1. The van der Waals surface area contributed by atoms with Gasteiger partial charge in [-0.25, -0.2) is 4.79 Å². The van der Waals surface area contributed by atoms with E-state index in [4.69, 9.17) is 5.73 Å². The van der Waals surface area contributed by atoms with E-state index in [1.807, 2.05) is 0 Å². The summed E-state index contributed by atoms with van der Waals surface area (Å²) in [5, 5.41) is -0.0748. The Kier molecular flexibility index (Phi) is 1.91. The van der Waals surface area contributed by atoms with Gasteiger partial charge in [-0.15, -0.1) is 0 Å². The molecule has 1 aliphatic heterocycles. The minimum Gasteiger partial charge on any atom is -0.412 e. The van der Waals surface area contributed by atoms with E-state index >= 15 is 0 Å². The zero-order chi connectivity index (χ0) is 8.72. The summed E-state index contributed by atoms with van der Waals surface area (Å²) in [6.45, 7) is 0. The van der Waals surface area contributed by atoms with Crippen LogP contribution in [0.5, 0.6) is 0 Å². The number of hydrogen-bond donors (Lipinski definition) is 2. The average molecular weight is 183 g/mol. The Morgan fingerprint density at radius 2 is 1.92 bits per heavy atom. The topological polar surface area (TPSA) is 145 Å². The molecule has 1 aromatic heterocycles. The number of nitrogen functional groups attached to an aromatic ring is 1. The second kappa shape index (κ2) is 2.75. The maximum Gasteiger partial charge on any atom is 0.370 e. The van der Waals surface area contributed by atoms with Gasteiger partial charge in [-0.1, -0.05) is 0 Å². The molecule has 0 unspecified atom stereocenters. The van der Waals surface area contributed by atoms with Crippen molar-refractivity contribution in [2.75, 3.05) is 5.73 Å². The summed E-state index contributed by atoms with van der Waals surface area (Å²) < 4.78 is 0. The second-order valence-corrected chi connectivity index (χ2v) is 2.13. The lowest BCUT2D eigenvalue weighted by Gasteiger charge is -1.86. The number of nitrogens with two attached hydrogens (primary N) is 1. The Morgan fingerprint density at radius 1 is 1.23 bits per heavy atom. The molecule has 2 amide bonds. The maximum absolute atomic E-state index is 11.0. The molecule has 8 heteroatoms. The van der Waals surface area contributed by atoms with Crippen molar-refractivity contribution in [3.8, 4) is 0 Å². The number of anilines is 1. The van der Waals surface area contributed by atoms with Gasteiger partial charge in [-0.3, -0.25) is 9.78 Å². The van der Waals surface area contributed by atoms with Gasteiger partial charge in [0.1, 0.15) is 0 Å². The van der Waals surface area contributed by atoms with E-state index in [1.54, 1.807) is 0 Å². The van der Waals surface area contributed by atoms with Gasteiger partial charge in [0.15, 0.2) is 10.8 Å². The molecule has 0 aliphatic carbocycles. The molecule has 5 N–H and O–H groups in total. The van der Waals surface area contributed by atoms with Crippen molar-refractivity contribution in [2.24, 2.45) is 9.98 Å². The molecule has 2 heterocycles. The first kappa shape index (κ1) is 9.00. The molecular weight excluding hydrogens is 178 g/mol. The van der Waals surface area contributed by atoms with E-state index in [1.165, 1.54) is 0 Å². The first-order chi connectivity index (χ1) is 5.66. The van der Waals surface area contributed by atoms with Gasteiger partial charge in [-0.05, 0) is 0 Å². The number of hydrogen-bond acceptors (Lipinski definition) is 4. The van der Waals surface area contributed by atoms with Crippen LogP contribution in [0.1, 0.15) is 0 Å². The molecule has 0 radical (unpaired) electrons. The van der Waals surface area contributed by atoms with Crippen molar-refractivity contribution in [1.29, 1.82) is 0 Å². The van der Waals surface area contributed by atoms with Gasteiger partial charge < -0.3 is 11.2 Å². The predicted octanol–water partition coefficient (Wildman–Crippen LogP) is -3.10. The van der Waals surface area contributed by atoms with Crippen LogP contribution in [0.2, 0.25) is 0 Å². The number of urea groups is 1. The third kappa shape index (κ3) is 1.29. The van der Waals surface area contributed by atoms with Gasteiger partial charge >= 0.3 is 6.03 Å². The molecule has 0 spiro atoms. The Morgan fingerprint density at radius 3 is 2.62 bits per heavy atom. The zero-order valence-corrected chi connectivity index (χ0v) is 6.24. The fraction of sp³-hybridized carbons (Fsp3) is 0. The van der Waals surface area contributed by atoms with Crippen LogP contribution in [-0.2, 0) is 0 Å². The van der Waals surface area contributed by atoms with Crippen molar-refractivity contribution in [2.45, 2.75) is 0 Å². The number of carbonyl (C=O) groups is 1. The molecule has 0 saturated heterocycles. The minimum absolute atomic E-state index is 0. The van der Waals surface area contributed by atoms with Crippen LogP contribution in [0.4, 0.5) is 10.7 Å². The molecule has 1 aliphatic rings. The Hall–Kier alpha value is -2.09. The maximum atomic E-state index is 11.0. The summed E-state index contributed by atoms with van der Waals surface area (Å²) >= 11 is 0. The third-order valence-corrected chi connectivity index (χ3v) is 1.30. The van der Waals surface area contributed by atoms with Crippen molar-refractivity contribution >= 4 is 12.0 Å². The predicted molar refractivity (Wildman–Crippen MR) is 40.6 cm³/mol. The molecule has 0 fully saturated rings. The number of amides is 2. The quantitative estimate of drug-likeness (QED) is 0.438. The van der Waals surface area contributed by atoms with E-state index in [2.05, 4.69) is 20.0 Å². The Labute approximate surface area is 70.2 Å². The van der Waals surface area contributed by atoms with Crippen LogP contribution in [-0.4, -0.2) is 21.5 Å². The summed E-state index contributed by atoms with van der Waals surface area (Å²) in [6, 6.07) is -0.728. The largest absolute Gasteiger partial charge is 0.412 e. The van der Waals surface area contributed by atoms with Crippen LogP contribution in [0.3, 0.4) is 0 Å². The fourth-order valence-electron chi connectivity index (χ4n) is 0.862. The molecule has 68 valence electrons. The van der Waals surface area contributed by atoms with Crippen molar-refractivity contribution in [3.05, 3.63) is 21.2 Å². The van der Waals surface area contributed by atoms with Crippen LogP contribution >= 0.6 is 0 Å². The monoisotopic (exact) mass is 183 g/mol. The zero-order valence-electron chi connectivity index (χ0n) is 6.24. The summed E-state index contributed by atoms with van der Waals surface area (Å²) in [4.78, 5) is 34.1. The van der Waals surface area contributed by atoms with Crippen LogP contribution in [0, 0.1) is 0 Å². The van der Waals surface area contributed by atoms with E-state index < -0.39 is 11.6 Å². The Balaban J connectivity index is 0.000000845. The highest BCUT2D eigenvalue weighted by Gasteiger charge is 2.09. The van der Waals surface area contributed by atoms with Gasteiger partial charge in [0, 0.05) is 0 Å². The lowest BCUT2D eigenvalue weighted by Crippen LogP contribution is -2.41. The van der Waals surface area contributed by atoms with Crippen LogP contribution in [0.15, 0.2) is 14.8 Å². The van der Waals surface area contributed by atoms with Gasteiger partial charge in [0.05, 0.1) is 0 Å². The average Bonchev–Trinajstić information content (AvgIpc) is 2.29. The highest BCUT2D eigenvalue weighted by atomic mass is 16.2. The first-order valence-electron chi connectivity index (χ1n) is 3.04. The summed E-state index contributed by atoms with van der Waals surface area (Å²) in [5.74, 6) is -0.0765. The van der Waals surface area contributed by atoms with Gasteiger partial charge in [-0.2, -0.15) is 15.0 Å². The fourth-order valence-corrected chi connectivity index (χ4v) is 0.862. The lowest BCUT2D eigenvalue weighted by atomic mass is 10.6. The third-order valence-electron chi connectivity index (χ3n) is 1.30. The molecule has 0 saturated carbocycles. The standard InChI is InChI=1S/C5H3N5O2.H2O/c6-4-8-2-1(3(11)10-4)7-5(12)9-2;/h(H3,6,8,9,10,11,12);1H2. The highest BCUT2D eigenvalue weighted by molar-refractivity contribution is 5.77. The normalized spacial score (nSPS) is 12.5.